The third-order valence-corrected chi connectivity index (χ3v) is 6.68. The van der Waals surface area contributed by atoms with E-state index in [1.54, 1.807) is 7.11 Å². The number of likely N-dealkylation sites (tertiary alicyclic amines) is 1. The number of methoxy groups -OCH3 is 1. The third kappa shape index (κ3) is 3.54. The highest BCUT2D eigenvalue weighted by Crippen LogP contribution is 2.37. The number of ether oxygens (including phenoxy) is 1. The van der Waals surface area contributed by atoms with E-state index in [0.717, 1.165) is 47.8 Å². The van der Waals surface area contributed by atoms with Gasteiger partial charge in [-0.2, -0.15) is 0 Å². The van der Waals surface area contributed by atoms with Crippen molar-refractivity contribution in [2.45, 2.75) is 32.4 Å². The molecule has 2 aromatic carbocycles. The molecular weight excluding hydrogens is 382 g/mol. The van der Waals surface area contributed by atoms with Crippen LogP contribution >= 0.6 is 11.3 Å². The summed E-state index contributed by atoms with van der Waals surface area (Å²) in [5.74, 6) is 2.37. The summed E-state index contributed by atoms with van der Waals surface area (Å²) in [6, 6.07) is 16.6. The predicted molar refractivity (Wildman–Crippen MR) is 115 cm³/mol. The first kappa shape index (κ1) is 18.3. The molecule has 3 heterocycles. The highest BCUT2D eigenvalue weighted by Gasteiger charge is 2.30. The van der Waals surface area contributed by atoms with Crippen molar-refractivity contribution in [1.29, 1.82) is 0 Å². The highest BCUT2D eigenvalue weighted by atomic mass is 32.1. The van der Waals surface area contributed by atoms with Crippen molar-refractivity contribution in [3.8, 4) is 17.2 Å². The van der Waals surface area contributed by atoms with Gasteiger partial charge in [-0.05, 0) is 62.7 Å². The van der Waals surface area contributed by atoms with Gasteiger partial charge in [-0.1, -0.05) is 12.1 Å². The quantitative estimate of drug-likeness (QED) is 0.432. The predicted octanol–water partition coefficient (Wildman–Crippen LogP) is 5.61. The number of nitrogens with zero attached hydrogens (tertiary/aromatic N) is 3. The Morgan fingerprint density at radius 3 is 2.76 bits per heavy atom. The lowest BCUT2D eigenvalue weighted by Gasteiger charge is -2.21. The highest BCUT2D eigenvalue weighted by molar-refractivity contribution is 7.18. The molecule has 29 heavy (non-hydrogen) atoms. The standard InChI is InChI=1S/C23H23N3O2S/c1-15-19(24-22(28-15)16-9-11-17(27-2)12-10-16)14-26-13-5-7-20(26)23-25-18-6-3-4-8-21(18)29-23/h3-4,6,8-12,20H,5,7,13-14H2,1-2H3/t20-/m1/s1. The average molecular weight is 406 g/mol. The van der Waals surface area contributed by atoms with Crippen molar-refractivity contribution in [3.05, 3.63) is 65.0 Å². The lowest BCUT2D eigenvalue weighted by molar-refractivity contribution is 0.244. The molecule has 1 fully saturated rings. The van der Waals surface area contributed by atoms with Crippen molar-refractivity contribution in [3.63, 3.8) is 0 Å². The van der Waals surface area contributed by atoms with Crippen LogP contribution in [-0.2, 0) is 6.54 Å². The van der Waals surface area contributed by atoms with Gasteiger partial charge in [0.1, 0.15) is 16.5 Å². The van der Waals surface area contributed by atoms with Crippen LogP contribution in [0.3, 0.4) is 0 Å². The zero-order chi connectivity index (χ0) is 19.8. The Morgan fingerprint density at radius 2 is 1.97 bits per heavy atom. The molecule has 0 N–H and O–H groups in total. The Labute approximate surface area is 174 Å². The van der Waals surface area contributed by atoms with Gasteiger partial charge in [-0.25, -0.2) is 9.97 Å². The van der Waals surface area contributed by atoms with Gasteiger partial charge in [0, 0.05) is 12.1 Å². The molecule has 0 radical (unpaired) electrons. The average Bonchev–Trinajstić information content (AvgIpc) is 3.47. The fourth-order valence-corrected chi connectivity index (χ4v) is 5.09. The molecule has 0 spiro atoms. The lowest BCUT2D eigenvalue weighted by atomic mass is 10.2. The smallest absolute Gasteiger partial charge is 0.226 e. The molecule has 148 valence electrons. The van der Waals surface area contributed by atoms with E-state index in [9.17, 15) is 0 Å². The Bertz CT molecular complexity index is 1100. The minimum Gasteiger partial charge on any atom is -0.497 e. The first-order valence-corrected chi connectivity index (χ1v) is 10.7. The number of aryl methyl sites for hydroxylation is 1. The van der Waals surface area contributed by atoms with Crippen LogP contribution in [0.5, 0.6) is 5.75 Å². The van der Waals surface area contributed by atoms with E-state index in [4.69, 9.17) is 19.1 Å². The van der Waals surface area contributed by atoms with Gasteiger partial charge in [0.15, 0.2) is 0 Å². The number of benzene rings is 2. The summed E-state index contributed by atoms with van der Waals surface area (Å²) in [5, 5.41) is 1.21. The number of rotatable bonds is 5. The number of thiazole rings is 1. The van der Waals surface area contributed by atoms with Crippen LogP contribution < -0.4 is 4.74 Å². The van der Waals surface area contributed by atoms with Gasteiger partial charge in [-0.15, -0.1) is 11.3 Å². The topological polar surface area (TPSA) is 51.4 Å². The fraction of sp³-hybridized carbons (Fsp3) is 0.304. The molecular formula is C23H23N3O2S. The maximum Gasteiger partial charge on any atom is 0.226 e. The van der Waals surface area contributed by atoms with E-state index in [-0.39, 0.29) is 0 Å². The minimum absolute atomic E-state index is 0.355. The summed E-state index contributed by atoms with van der Waals surface area (Å²) < 4.78 is 12.5. The molecule has 0 saturated carbocycles. The normalized spacial score (nSPS) is 17.2. The Balaban J connectivity index is 1.38. The molecule has 2 aromatic heterocycles. The number of aromatic nitrogens is 2. The van der Waals surface area contributed by atoms with Gasteiger partial charge in [-0.3, -0.25) is 4.90 Å². The number of hydrogen-bond acceptors (Lipinski definition) is 6. The van der Waals surface area contributed by atoms with Crippen molar-refractivity contribution in [2.24, 2.45) is 0 Å². The maximum atomic E-state index is 5.98. The molecule has 0 unspecified atom stereocenters. The van der Waals surface area contributed by atoms with E-state index < -0.39 is 0 Å². The number of hydrogen-bond donors (Lipinski definition) is 0. The second-order valence-electron chi connectivity index (χ2n) is 7.40. The van der Waals surface area contributed by atoms with Crippen molar-refractivity contribution in [2.75, 3.05) is 13.7 Å². The molecule has 1 aliphatic rings. The zero-order valence-corrected chi connectivity index (χ0v) is 17.4. The summed E-state index contributed by atoms with van der Waals surface area (Å²) in [5.41, 5.74) is 3.06. The van der Waals surface area contributed by atoms with Crippen LogP contribution in [0.1, 0.15) is 35.3 Å². The number of fused-ring (bicyclic) bond motifs is 1. The van der Waals surface area contributed by atoms with E-state index in [1.165, 1.54) is 16.1 Å². The van der Waals surface area contributed by atoms with Crippen LogP contribution in [0.4, 0.5) is 0 Å². The lowest BCUT2D eigenvalue weighted by Crippen LogP contribution is -2.23. The van der Waals surface area contributed by atoms with Gasteiger partial charge < -0.3 is 9.15 Å². The number of oxazole rings is 1. The second-order valence-corrected chi connectivity index (χ2v) is 8.46. The second kappa shape index (κ2) is 7.61. The van der Waals surface area contributed by atoms with E-state index >= 15 is 0 Å². The largest absolute Gasteiger partial charge is 0.497 e. The molecule has 5 nitrogen and oxygen atoms in total. The minimum atomic E-state index is 0.355. The van der Waals surface area contributed by atoms with Crippen LogP contribution in [0, 0.1) is 6.92 Å². The van der Waals surface area contributed by atoms with E-state index in [2.05, 4.69) is 29.2 Å². The van der Waals surface area contributed by atoms with Gasteiger partial charge in [0.05, 0.1) is 29.1 Å². The Kier molecular flexibility index (Phi) is 4.81. The molecule has 1 atom stereocenters. The molecule has 0 bridgehead atoms. The summed E-state index contributed by atoms with van der Waals surface area (Å²) >= 11 is 1.81. The monoisotopic (exact) mass is 405 g/mol. The Hall–Kier alpha value is -2.70. The van der Waals surface area contributed by atoms with Crippen LogP contribution in [-0.4, -0.2) is 28.5 Å². The van der Waals surface area contributed by atoms with Crippen molar-refractivity contribution >= 4 is 21.6 Å². The molecule has 0 amide bonds. The molecule has 0 aliphatic carbocycles. The first-order chi connectivity index (χ1) is 14.2. The van der Waals surface area contributed by atoms with Crippen molar-refractivity contribution in [1.82, 2.24) is 14.9 Å². The molecule has 1 aliphatic heterocycles. The maximum absolute atomic E-state index is 5.98. The molecule has 1 saturated heterocycles. The summed E-state index contributed by atoms with van der Waals surface area (Å²) in [7, 11) is 1.67. The number of para-hydroxylation sites is 1. The van der Waals surface area contributed by atoms with Crippen molar-refractivity contribution < 1.29 is 9.15 Å². The Morgan fingerprint density at radius 1 is 1.14 bits per heavy atom. The molecule has 6 heteroatoms. The van der Waals surface area contributed by atoms with E-state index in [1.807, 2.05) is 42.5 Å². The molecule has 5 rings (SSSR count). The van der Waals surface area contributed by atoms with Gasteiger partial charge in [0.2, 0.25) is 5.89 Å². The first-order valence-electron chi connectivity index (χ1n) is 9.91. The van der Waals surface area contributed by atoms with Gasteiger partial charge >= 0.3 is 0 Å². The van der Waals surface area contributed by atoms with Gasteiger partial charge in [0.25, 0.3) is 0 Å². The van der Waals surface area contributed by atoms with E-state index in [0.29, 0.717) is 11.9 Å². The summed E-state index contributed by atoms with van der Waals surface area (Å²) in [6.07, 6.45) is 2.32. The summed E-state index contributed by atoms with van der Waals surface area (Å²) in [4.78, 5) is 12.2. The SMILES string of the molecule is COc1ccc(-c2nc(CN3CCC[C@@H]3c3nc4ccccc4s3)c(C)o2)cc1. The van der Waals surface area contributed by atoms with Crippen LogP contribution in [0.15, 0.2) is 52.9 Å². The van der Waals surface area contributed by atoms with Crippen LogP contribution in [0.25, 0.3) is 21.7 Å². The molecule has 4 aromatic rings. The zero-order valence-electron chi connectivity index (χ0n) is 16.6. The third-order valence-electron chi connectivity index (χ3n) is 5.54. The van der Waals surface area contributed by atoms with Crippen LogP contribution in [0.2, 0.25) is 0 Å². The fourth-order valence-electron chi connectivity index (χ4n) is 3.95. The summed E-state index contributed by atoms with van der Waals surface area (Å²) in [6.45, 7) is 3.84.